The first-order valence-electron chi connectivity index (χ1n) is 7.35. The van der Waals surface area contributed by atoms with Gasteiger partial charge in [-0.1, -0.05) is 38.7 Å². The summed E-state index contributed by atoms with van der Waals surface area (Å²) in [5.74, 6) is -1.36. The molecular formula is C15H19NO5S. The molecule has 0 saturated heterocycles. The van der Waals surface area contributed by atoms with Crippen molar-refractivity contribution in [3.8, 4) is 5.75 Å². The number of amides is 2. The number of hydrogen-bond donors (Lipinski definition) is 1. The van der Waals surface area contributed by atoms with Gasteiger partial charge in [0.25, 0.3) is 11.8 Å². The van der Waals surface area contributed by atoms with Crippen molar-refractivity contribution in [2.75, 3.05) is 5.75 Å². The summed E-state index contributed by atoms with van der Waals surface area (Å²) < 4.78 is 29.0. The molecule has 1 aliphatic rings. The fourth-order valence-electron chi connectivity index (χ4n) is 2.32. The number of carbonyl (C=O) groups is 2. The molecule has 22 heavy (non-hydrogen) atoms. The molecule has 2 amide bonds. The molecule has 0 saturated carbocycles. The van der Waals surface area contributed by atoms with Crippen LogP contribution in [-0.4, -0.2) is 26.0 Å². The van der Waals surface area contributed by atoms with E-state index in [1.165, 1.54) is 18.2 Å². The van der Waals surface area contributed by atoms with Gasteiger partial charge in [0, 0.05) is 0 Å². The molecule has 1 N–H and O–H groups in total. The first-order valence-corrected chi connectivity index (χ1v) is 8.93. The first kappa shape index (κ1) is 16.5. The number of hydrogen-bond acceptors (Lipinski definition) is 5. The van der Waals surface area contributed by atoms with E-state index in [9.17, 15) is 18.0 Å². The van der Waals surface area contributed by atoms with Gasteiger partial charge in [0.05, 0.1) is 16.9 Å². The molecular weight excluding hydrogens is 306 g/mol. The number of benzene rings is 1. The second-order valence-electron chi connectivity index (χ2n) is 5.22. The Morgan fingerprint density at radius 3 is 2.50 bits per heavy atom. The summed E-state index contributed by atoms with van der Waals surface area (Å²) in [6.45, 7) is 2.09. The normalized spacial score (nSPS) is 13.9. The van der Waals surface area contributed by atoms with Crippen LogP contribution in [0, 0.1) is 0 Å². The molecule has 0 atom stereocenters. The van der Waals surface area contributed by atoms with E-state index < -0.39 is 21.9 Å². The number of carbonyl (C=O) groups excluding carboxylic acids is 2. The molecule has 1 aromatic carbocycles. The second-order valence-corrected chi connectivity index (χ2v) is 6.91. The largest absolute Gasteiger partial charge is 0.382 e. The number of fused-ring (bicyclic) bond motifs is 1. The van der Waals surface area contributed by atoms with E-state index >= 15 is 0 Å². The van der Waals surface area contributed by atoms with Gasteiger partial charge < -0.3 is 4.18 Å². The number of rotatable bonds is 8. The van der Waals surface area contributed by atoms with Gasteiger partial charge >= 0.3 is 10.1 Å². The van der Waals surface area contributed by atoms with Crippen LogP contribution in [0.3, 0.4) is 0 Å². The minimum absolute atomic E-state index is 0.0120. The highest BCUT2D eigenvalue weighted by Crippen LogP contribution is 2.27. The fraction of sp³-hybridized carbons (Fsp3) is 0.467. The molecule has 7 heteroatoms. The minimum Gasteiger partial charge on any atom is -0.382 e. The van der Waals surface area contributed by atoms with Crippen LogP contribution in [0.25, 0.3) is 0 Å². The maximum atomic E-state index is 12.0. The highest BCUT2D eigenvalue weighted by Gasteiger charge is 2.31. The van der Waals surface area contributed by atoms with E-state index in [1.807, 2.05) is 0 Å². The van der Waals surface area contributed by atoms with Crippen molar-refractivity contribution >= 4 is 21.9 Å². The number of imide groups is 1. The van der Waals surface area contributed by atoms with Crippen molar-refractivity contribution in [1.29, 1.82) is 0 Å². The third-order valence-corrected chi connectivity index (χ3v) is 4.66. The van der Waals surface area contributed by atoms with E-state index in [2.05, 4.69) is 12.2 Å². The molecule has 0 fully saturated rings. The Morgan fingerprint density at radius 2 is 1.77 bits per heavy atom. The zero-order valence-electron chi connectivity index (χ0n) is 12.4. The zero-order chi connectivity index (χ0) is 16.2. The van der Waals surface area contributed by atoms with E-state index in [0.717, 1.165) is 25.7 Å². The Morgan fingerprint density at radius 1 is 1.05 bits per heavy atom. The summed E-state index contributed by atoms with van der Waals surface area (Å²) in [7, 11) is -3.78. The molecule has 0 aliphatic carbocycles. The van der Waals surface area contributed by atoms with Crippen molar-refractivity contribution in [3.63, 3.8) is 0 Å². The van der Waals surface area contributed by atoms with E-state index in [4.69, 9.17) is 4.18 Å². The number of unbranched alkanes of at least 4 members (excludes halogenated alkanes) is 4. The maximum absolute atomic E-state index is 12.0. The molecule has 1 aliphatic heterocycles. The van der Waals surface area contributed by atoms with Crippen LogP contribution < -0.4 is 9.50 Å². The van der Waals surface area contributed by atoms with Gasteiger partial charge in [-0.05, 0) is 18.6 Å². The highest BCUT2D eigenvalue weighted by molar-refractivity contribution is 7.87. The predicted molar refractivity (Wildman–Crippen MR) is 81.4 cm³/mol. The van der Waals surface area contributed by atoms with Gasteiger partial charge in [-0.2, -0.15) is 8.42 Å². The molecule has 6 nitrogen and oxygen atoms in total. The van der Waals surface area contributed by atoms with E-state index in [1.54, 1.807) is 0 Å². The molecule has 1 heterocycles. The monoisotopic (exact) mass is 325 g/mol. The average molecular weight is 325 g/mol. The van der Waals surface area contributed by atoms with Gasteiger partial charge in [0.15, 0.2) is 5.75 Å². The van der Waals surface area contributed by atoms with Gasteiger partial charge in [0.2, 0.25) is 0 Å². The second kappa shape index (κ2) is 6.91. The van der Waals surface area contributed by atoms with Crippen molar-refractivity contribution in [1.82, 2.24) is 5.32 Å². The summed E-state index contributed by atoms with van der Waals surface area (Å²) >= 11 is 0. The molecule has 2 rings (SSSR count). The maximum Gasteiger partial charge on any atom is 0.309 e. The molecule has 0 aromatic heterocycles. The minimum atomic E-state index is -3.78. The third-order valence-electron chi connectivity index (χ3n) is 3.44. The van der Waals surface area contributed by atoms with E-state index in [-0.39, 0.29) is 22.6 Å². The Hall–Kier alpha value is -1.89. The topological polar surface area (TPSA) is 89.5 Å². The van der Waals surface area contributed by atoms with Crippen LogP contribution in [0.5, 0.6) is 5.75 Å². The molecule has 0 radical (unpaired) electrons. The molecule has 0 unspecified atom stereocenters. The lowest BCUT2D eigenvalue weighted by atomic mass is 10.1. The van der Waals surface area contributed by atoms with Crippen molar-refractivity contribution < 1.29 is 22.2 Å². The Bertz CT molecular complexity index is 681. The lowest BCUT2D eigenvalue weighted by Gasteiger charge is -2.09. The predicted octanol–water partition coefficient (Wildman–Crippen LogP) is 2.25. The van der Waals surface area contributed by atoms with Crippen molar-refractivity contribution in [2.24, 2.45) is 0 Å². The summed E-state index contributed by atoms with van der Waals surface area (Å²) in [4.78, 5) is 23.2. The Balaban J connectivity index is 2.05. The Labute approximate surface area is 130 Å². The van der Waals surface area contributed by atoms with Crippen LogP contribution in [-0.2, 0) is 10.1 Å². The molecule has 0 spiro atoms. The molecule has 120 valence electrons. The van der Waals surface area contributed by atoms with E-state index in [0.29, 0.717) is 6.42 Å². The first-order chi connectivity index (χ1) is 10.4. The fourth-order valence-corrected chi connectivity index (χ4v) is 3.37. The van der Waals surface area contributed by atoms with Crippen LogP contribution in [0.15, 0.2) is 18.2 Å². The quantitative estimate of drug-likeness (QED) is 0.450. The third kappa shape index (κ3) is 3.85. The average Bonchev–Trinajstić information content (AvgIpc) is 2.74. The summed E-state index contributed by atoms with van der Waals surface area (Å²) in [5.41, 5.74) is 0.128. The van der Waals surface area contributed by atoms with Gasteiger partial charge in [-0.15, -0.1) is 0 Å². The SMILES string of the molecule is CCCCCCCS(=O)(=O)Oc1cccc2c1C(=O)NC2=O. The van der Waals surface area contributed by atoms with Gasteiger partial charge in [0.1, 0.15) is 0 Å². The summed E-state index contributed by atoms with van der Waals surface area (Å²) in [6.07, 6.45) is 4.49. The molecule has 1 aromatic rings. The smallest absolute Gasteiger partial charge is 0.309 e. The van der Waals surface area contributed by atoms with Crippen molar-refractivity contribution in [3.05, 3.63) is 29.3 Å². The van der Waals surface area contributed by atoms with Gasteiger partial charge in [-0.3, -0.25) is 14.9 Å². The van der Waals surface area contributed by atoms with Crippen molar-refractivity contribution in [2.45, 2.75) is 39.0 Å². The standard InChI is InChI=1S/C15H19NO5S/c1-2-3-4-5-6-10-22(19,20)21-12-9-7-8-11-13(12)15(18)16-14(11)17/h7-9H,2-6,10H2,1H3,(H,16,17,18). The summed E-state index contributed by atoms with van der Waals surface area (Å²) in [6, 6.07) is 4.33. The molecule has 0 bridgehead atoms. The van der Waals surface area contributed by atoms with Crippen LogP contribution in [0.2, 0.25) is 0 Å². The number of nitrogens with one attached hydrogen (secondary N) is 1. The van der Waals surface area contributed by atoms with Crippen LogP contribution >= 0.6 is 0 Å². The lowest BCUT2D eigenvalue weighted by molar-refractivity contribution is 0.0879. The van der Waals surface area contributed by atoms with Gasteiger partial charge in [-0.25, -0.2) is 0 Å². The van der Waals surface area contributed by atoms with Crippen LogP contribution in [0.4, 0.5) is 0 Å². The Kier molecular flexibility index (Phi) is 5.18. The zero-order valence-corrected chi connectivity index (χ0v) is 13.2. The summed E-state index contributed by atoms with van der Waals surface area (Å²) in [5, 5.41) is 2.12. The highest BCUT2D eigenvalue weighted by atomic mass is 32.2. The van der Waals surface area contributed by atoms with Crippen LogP contribution in [0.1, 0.15) is 59.7 Å². The lowest BCUT2D eigenvalue weighted by Crippen LogP contribution is -2.20.